The van der Waals surface area contributed by atoms with E-state index in [2.05, 4.69) is 33.5 Å². The van der Waals surface area contributed by atoms with E-state index in [9.17, 15) is 4.79 Å². The normalized spacial score (nSPS) is 29.1. The molecule has 0 aromatic carbocycles. The minimum atomic E-state index is -0.0680. The summed E-state index contributed by atoms with van der Waals surface area (Å²) >= 11 is 1.91. The van der Waals surface area contributed by atoms with E-state index >= 15 is 0 Å². The first-order chi connectivity index (χ1) is 12.0. The largest absolute Gasteiger partial charge is 0.393 e. The van der Waals surface area contributed by atoms with Crippen molar-refractivity contribution in [2.24, 2.45) is 0 Å². The highest BCUT2D eigenvalue weighted by Gasteiger charge is 2.46. The lowest BCUT2D eigenvalue weighted by atomic mass is 10.0. The van der Waals surface area contributed by atoms with Crippen molar-refractivity contribution in [3.8, 4) is 0 Å². The van der Waals surface area contributed by atoms with Gasteiger partial charge >= 0.3 is 6.03 Å². The summed E-state index contributed by atoms with van der Waals surface area (Å²) in [6, 6.07) is -0.0120. The number of carbonyl (C=O) groups is 1. The maximum absolute atomic E-state index is 12.6. The molecule has 3 aliphatic rings. The molecule has 0 aliphatic carbocycles. The molecule has 0 saturated carbocycles. The second kappa shape index (κ2) is 7.07. The average molecular weight is 362 g/mol. The quantitative estimate of drug-likeness (QED) is 0.697. The highest BCUT2D eigenvalue weighted by molar-refractivity contribution is 7.99. The summed E-state index contributed by atoms with van der Waals surface area (Å²) in [7, 11) is 3.87. The number of likely N-dealkylation sites (N-methyl/N-ethyl adjacent to an activating group) is 1. The molecular weight excluding hydrogens is 334 g/mol. The van der Waals surface area contributed by atoms with E-state index in [1.54, 1.807) is 0 Å². The van der Waals surface area contributed by atoms with E-state index in [1.165, 1.54) is 0 Å². The highest BCUT2D eigenvalue weighted by atomic mass is 32.2. The van der Waals surface area contributed by atoms with Gasteiger partial charge in [-0.05, 0) is 25.2 Å². The van der Waals surface area contributed by atoms with Crippen LogP contribution >= 0.6 is 11.8 Å². The SMILES string of the molecule is C=C(N/C(C)=C/NC)C1C=CC=C(N2CC3(CCSC3)NC2=O)N1C. The van der Waals surface area contributed by atoms with Crippen molar-refractivity contribution < 1.29 is 4.79 Å². The van der Waals surface area contributed by atoms with Gasteiger partial charge in [0.1, 0.15) is 5.82 Å². The number of allylic oxidation sites excluding steroid dienone is 3. The Morgan fingerprint density at radius 2 is 2.36 bits per heavy atom. The summed E-state index contributed by atoms with van der Waals surface area (Å²) in [5.41, 5.74) is 1.80. The van der Waals surface area contributed by atoms with Crippen LogP contribution in [0.5, 0.6) is 0 Å². The summed E-state index contributed by atoms with van der Waals surface area (Å²) in [5.74, 6) is 3.02. The summed E-state index contributed by atoms with van der Waals surface area (Å²) in [6.45, 7) is 6.90. The van der Waals surface area contributed by atoms with Gasteiger partial charge in [-0.1, -0.05) is 18.7 Å². The molecule has 0 radical (unpaired) electrons. The molecule has 3 rings (SSSR count). The molecule has 136 valence electrons. The molecule has 7 heteroatoms. The summed E-state index contributed by atoms with van der Waals surface area (Å²) < 4.78 is 0. The number of nitrogens with one attached hydrogen (secondary N) is 3. The van der Waals surface area contributed by atoms with Crippen LogP contribution < -0.4 is 16.0 Å². The number of urea groups is 1. The fraction of sp³-hybridized carbons (Fsp3) is 0.500. The molecule has 3 aliphatic heterocycles. The van der Waals surface area contributed by atoms with Gasteiger partial charge in [0.05, 0.1) is 18.1 Å². The molecule has 2 atom stereocenters. The zero-order valence-corrected chi connectivity index (χ0v) is 15.9. The molecule has 0 aromatic rings. The van der Waals surface area contributed by atoms with Crippen LogP contribution in [0, 0.1) is 0 Å². The lowest BCUT2D eigenvalue weighted by molar-refractivity contribution is 0.205. The van der Waals surface area contributed by atoms with Crippen LogP contribution in [-0.2, 0) is 0 Å². The van der Waals surface area contributed by atoms with Crippen molar-refractivity contribution in [3.05, 3.63) is 48.2 Å². The van der Waals surface area contributed by atoms with E-state index in [0.717, 1.165) is 41.7 Å². The third kappa shape index (κ3) is 3.51. The van der Waals surface area contributed by atoms with E-state index in [4.69, 9.17) is 0 Å². The fourth-order valence-corrected chi connectivity index (χ4v) is 4.95. The Balaban J connectivity index is 1.72. The van der Waals surface area contributed by atoms with Crippen molar-refractivity contribution >= 4 is 17.8 Å². The van der Waals surface area contributed by atoms with Gasteiger partial charge in [-0.2, -0.15) is 11.8 Å². The molecule has 6 nitrogen and oxygen atoms in total. The number of carbonyl (C=O) groups excluding carboxylic acids is 1. The fourth-order valence-electron chi connectivity index (χ4n) is 3.57. The molecule has 0 aromatic heterocycles. The van der Waals surface area contributed by atoms with Crippen molar-refractivity contribution in [2.75, 3.05) is 32.1 Å². The minimum Gasteiger partial charge on any atom is -0.393 e. The third-order valence-electron chi connectivity index (χ3n) is 4.85. The van der Waals surface area contributed by atoms with Crippen LogP contribution in [0.3, 0.4) is 0 Å². The van der Waals surface area contributed by atoms with Crippen LogP contribution in [0.25, 0.3) is 0 Å². The number of amides is 2. The van der Waals surface area contributed by atoms with Crippen LogP contribution in [0.15, 0.2) is 48.2 Å². The first kappa shape index (κ1) is 17.8. The van der Waals surface area contributed by atoms with Crippen LogP contribution in [-0.4, -0.2) is 59.6 Å². The highest BCUT2D eigenvalue weighted by Crippen LogP contribution is 2.35. The summed E-state index contributed by atoms with van der Waals surface area (Å²) in [5, 5.41) is 9.53. The van der Waals surface area contributed by atoms with Crippen molar-refractivity contribution in [1.29, 1.82) is 0 Å². The second-order valence-corrected chi connectivity index (χ2v) is 7.94. The van der Waals surface area contributed by atoms with E-state index < -0.39 is 0 Å². The second-order valence-electron chi connectivity index (χ2n) is 6.83. The van der Waals surface area contributed by atoms with Gasteiger partial charge < -0.3 is 20.9 Å². The standard InChI is InChI=1S/C18H27N5OS/c1-13(10-19-3)20-14(2)15-6-5-7-16(22(15)4)23-11-18(21-17(23)24)8-9-25-12-18/h5-7,10,15,19-20H,2,8-9,11-12H2,1,3-4H3,(H,21,24)/b13-10+. The Labute approximate surface area is 154 Å². The zero-order chi connectivity index (χ0) is 18.0. The van der Waals surface area contributed by atoms with Crippen molar-refractivity contribution in [2.45, 2.75) is 24.9 Å². The Morgan fingerprint density at radius 3 is 3.04 bits per heavy atom. The first-order valence-corrected chi connectivity index (χ1v) is 9.70. The summed E-state index contributed by atoms with van der Waals surface area (Å²) in [6.07, 6.45) is 9.02. The average Bonchev–Trinajstić information content (AvgIpc) is 3.14. The van der Waals surface area contributed by atoms with E-state index in [1.807, 2.05) is 56.0 Å². The number of nitrogens with zero attached hydrogens (tertiary/aromatic N) is 2. The smallest absolute Gasteiger partial charge is 0.323 e. The molecule has 2 fully saturated rings. The molecular formula is C18H27N5OS. The van der Waals surface area contributed by atoms with Crippen LogP contribution in [0.2, 0.25) is 0 Å². The Bertz CT molecular complexity index is 648. The molecule has 3 heterocycles. The lowest BCUT2D eigenvalue weighted by Gasteiger charge is -2.37. The number of hydrogen-bond acceptors (Lipinski definition) is 5. The van der Waals surface area contributed by atoms with Crippen molar-refractivity contribution in [3.63, 3.8) is 0 Å². The molecule has 2 saturated heterocycles. The molecule has 1 spiro atoms. The monoisotopic (exact) mass is 361 g/mol. The molecule has 2 unspecified atom stereocenters. The van der Waals surface area contributed by atoms with Crippen molar-refractivity contribution in [1.82, 2.24) is 25.8 Å². The van der Waals surface area contributed by atoms with Gasteiger partial charge in [-0.15, -0.1) is 0 Å². The number of rotatable bonds is 5. The predicted octanol–water partition coefficient (Wildman–Crippen LogP) is 1.78. The topological polar surface area (TPSA) is 59.6 Å². The summed E-state index contributed by atoms with van der Waals surface area (Å²) in [4.78, 5) is 16.5. The van der Waals surface area contributed by atoms with Crippen LogP contribution in [0.4, 0.5) is 4.79 Å². The van der Waals surface area contributed by atoms with Crippen LogP contribution in [0.1, 0.15) is 13.3 Å². The van der Waals surface area contributed by atoms with Gasteiger partial charge in [-0.25, -0.2) is 4.79 Å². The Hall–Kier alpha value is -2.02. The van der Waals surface area contributed by atoms with Gasteiger partial charge in [-0.3, -0.25) is 4.90 Å². The number of thioether (sulfide) groups is 1. The maximum atomic E-state index is 12.6. The van der Waals surface area contributed by atoms with Gasteiger partial charge in [0, 0.05) is 37.4 Å². The van der Waals surface area contributed by atoms with E-state index in [-0.39, 0.29) is 17.6 Å². The lowest BCUT2D eigenvalue weighted by Crippen LogP contribution is -2.44. The molecule has 3 N–H and O–H groups in total. The molecule has 2 amide bonds. The number of hydrogen-bond donors (Lipinski definition) is 3. The minimum absolute atomic E-state index is 0.000481. The Morgan fingerprint density at radius 1 is 1.56 bits per heavy atom. The predicted molar refractivity (Wildman–Crippen MR) is 104 cm³/mol. The zero-order valence-electron chi connectivity index (χ0n) is 15.1. The third-order valence-corrected chi connectivity index (χ3v) is 6.10. The molecule has 0 bridgehead atoms. The molecule has 25 heavy (non-hydrogen) atoms. The van der Waals surface area contributed by atoms with E-state index in [0.29, 0.717) is 0 Å². The maximum Gasteiger partial charge on any atom is 0.323 e. The van der Waals surface area contributed by atoms with Gasteiger partial charge in [0.25, 0.3) is 0 Å². The first-order valence-electron chi connectivity index (χ1n) is 8.54. The Kier molecular flexibility index (Phi) is 5.03. The van der Waals surface area contributed by atoms with Gasteiger partial charge in [0.15, 0.2) is 0 Å². The van der Waals surface area contributed by atoms with Gasteiger partial charge in [0.2, 0.25) is 0 Å².